The fourth-order valence-corrected chi connectivity index (χ4v) is 3.86. The Labute approximate surface area is 160 Å². The zero-order valence-corrected chi connectivity index (χ0v) is 15.2. The molecule has 1 atom stereocenters. The molecular weight excluding hydrogens is 458 g/mol. The molecule has 1 aliphatic heterocycles. The molecule has 1 heterocycles. The van der Waals surface area contributed by atoms with E-state index < -0.39 is 29.3 Å². The average Bonchev–Trinajstić information content (AvgIpc) is 2.83. The minimum Gasteiger partial charge on any atom is -0.378 e. The van der Waals surface area contributed by atoms with Gasteiger partial charge in [-0.1, -0.05) is 30.3 Å². The molecule has 0 radical (unpaired) electrons. The van der Waals surface area contributed by atoms with Crippen molar-refractivity contribution in [2.75, 3.05) is 4.90 Å². The Morgan fingerprint density at radius 1 is 1.00 bits per heavy atom. The van der Waals surface area contributed by atoms with Crippen LogP contribution in [0.2, 0.25) is 0 Å². The monoisotopic (exact) mass is 469 g/mol. The number of fused-ring (bicyclic) bond motifs is 2. The van der Waals surface area contributed by atoms with E-state index in [4.69, 9.17) is 0 Å². The van der Waals surface area contributed by atoms with E-state index in [0.29, 0.717) is 9.26 Å². The van der Waals surface area contributed by atoms with E-state index in [1.807, 2.05) is 24.3 Å². The van der Waals surface area contributed by atoms with Crippen molar-refractivity contribution in [2.45, 2.75) is 12.3 Å². The van der Waals surface area contributed by atoms with Gasteiger partial charge in [-0.3, -0.25) is 9.69 Å². The minimum atomic E-state index is -4.66. The van der Waals surface area contributed by atoms with Gasteiger partial charge in [-0.2, -0.15) is 13.2 Å². The first kappa shape index (κ1) is 17.3. The molecule has 3 aromatic rings. The van der Waals surface area contributed by atoms with Gasteiger partial charge in [0.05, 0.1) is 11.3 Å². The van der Waals surface area contributed by atoms with Crippen LogP contribution in [0.15, 0.2) is 54.6 Å². The lowest BCUT2D eigenvalue weighted by Crippen LogP contribution is -2.23. The molecule has 3 nitrogen and oxygen atoms in total. The normalized spacial score (nSPS) is 17.0. The summed E-state index contributed by atoms with van der Waals surface area (Å²) >= 11 is 1.78. The molecule has 7 heteroatoms. The maximum absolute atomic E-state index is 13.4. The number of hydrogen-bond donors (Lipinski definition) is 1. The molecule has 26 heavy (non-hydrogen) atoms. The summed E-state index contributed by atoms with van der Waals surface area (Å²) in [6.07, 6.45) is -6.50. The van der Waals surface area contributed by atoms with E-state index in [2.05, 4.69) is 0 Å². The Morgan fingerprint density at radius 3 is 2.38 bits per heavy atom. The van der Waals surface area contributed by atoms with Crippen LogP contribution >= 0.6 is 22.6 Å². The highest BCUT2D eigenvalue weighted by atomic mass is 127. The first-order valence-electron chi connectivity index (χ1n) is 7.69. The third-order valence-corrected chi connectivity index (χ3v) is 5.01. The second-order valence-corrected chi connectivity index (χ2v) is 7.24. The number of anilines is 2. The Hall–Kier alpha value is -2.13. The van der Waals surface area contributed by atoms with Crippen molar-refractivity contribution in [1.82, 2.24) is 0 Å². The number of aliphatic hydroxyl groups is 1. The standard InChI is InChI=1S/C19H11F3INO2/c20-19(21,22)14-8-12(23)9-15-16(14)17(25)18(26)24(15)13-6-5-10-3-1-2-4-11(10)7-13/h1-9,17,25H. The molecule has 0 fully saturated rings. The fraction of sp³-hybridized carbons (Fsp3) is 0.105. The number of hydrogen-bond acceptors (Lipinski definition) is 2. The maximum atomic E-state index is 13.4. The van der Waals surface area contributed by atoms with Gasteiger partial charge in [0.2, 0.25) is 0 Å². The number of halogens is 4. The van der Waals surface area contributed by atoms with Crippen LogP contribution < -0.4 is 4.90 Å². The van der Waals surface area contributed by atoms with E-state index in [1.54, 1.807) is 40.8 Å². The van der Waals surface area contributed by atoms with Gasteiger partial charge in [0.25, 0.3) is 5.91 Å². The van der Waals surface area contributed by atoms with E-state index >= 15 is 0 Å². The number of carbonyl (C=O) groups is 1. The molecule has 1 unspecified atom stereocenters. The molecule has 0 aliphatic carbocycles. The van der Waals surface area contributed by atoms with Gasteiger partial charge in [-0.15, -0.1) is 0 Å². The lowest BCUT2D eigenvalue weighted by molar-refractivity contribution is -0.139. The molecule has 132 valence electrons. The molecule has 0 saturated heterocycles. The number of alkyl halides is 3. The SMILES string of the molecule is O=C1C(O)c2c(cc(I)cc2C(F)(F)F)N1c1ccc2ccccc2c1. The lowest BCUT2D eigenvalue weighted by Gasteiger charge is -2.19. The van der Waals surface area contributed by atoms with Crippen molar-refractivity contribution in [3.63, 3.8) is 0 Å². The summed E-state index contributed by atoms with van der Waals surface area (Å²) in [5.41, 5.74) is -0.891. The summed E-state index contributed by atoms with van der Waals surface area (Å²) in [5, 5.41) is 12.0. The first-order chi connectivity index (χ1) is 12.3. The van der Waals surface area contributed by atoms with Crippen molar-refractivity contribution in [3.8, 4) is 0 Å². The predicted molar refractivity (Wildman–Crippen MR) is 100 cm³/mol. The summed E-state index contributed by atoms with van der Waals surface area (Å²) in [4.78, 5) is 13.8. The Balaban J connectivity index is 1.95. The number of benzene rings is 3. The van der Waals surface area contributed by atoms with Gasteiger partial charge in [0.15, 0.2) is 6.10 Å². The maximum Gasteiger partial charge on any atom is 0.416 e. The molecule has 1 amide bonds. The highest BCUT2D eigenvalue weighted by Gasteiger charge is 2.45. The Kier molecular flexibility index (Phi) is 3.96. The topological polar surface area (TPSA) is 40.5 Å². The summed E-state index contributed by atoms with van der Waals surface area (Å²) in [6, 6.07) is 15.1. The Morgan fingerprint density at radius 2 is 1.69 bits per heavy atom. The van der Waals surface area contributed by atoms with E-state index in [9.17, 15) is 23.1 Å². The zero-order chi connectivity index (χ0) is 18.6. The van der Waals surface area contributed by atoms with Crippen LogP contribution in [0.4, 0.5) is 24.5 Å². The van der Waals surface area contributed by atoms with Crippen LogP contribution in [0.3, 0.4) is 0 Å². The summed E-state index contributed by atoms with van der Waals surface area (Å²) < 4.78 is 40.6. The van der Waals surface area contributed by atoms with Crippen molar-refractivity contribution < 1.29 is 23.1 Å². The van der Waals surface area contributed by atoms with Gasteiger partial charge in [0, 0.05) is 14.8 Å². The van der Waals surface area contributed by atoms with Crippen LogP contribution in [0.5, 0.6) is 0 Å². The second kappa shape index (κ2) is 5.95. The number of aliphatic hydroxyl groups excluding tert-OH is 1. The molecule has 1 aliphatic rings. The minimum absolute atomic E-state index is 0.0667. The van der Waals surface area contributed by atoms with Crippen LogP contribution in [-0.4, -0.2) is 11.0 Å². The second-order valence-electron chi connectivity index (χ2n) is 5.99. The largest absolute Gasteiger partial charge is 0.416 e. The smallest absolute Gasteiger partial charge is 0.378 e. The van der Waals surface area contributed by atoms with Crippen LogP contribution in [0, 0.1) is 3.57 Å². The highest BCUT2D eigenvalue weighted by molar-refractivity contribution is 14.1. The highest BCUT2D eigenvalue weighted by Crippen LogP contribution is 2.48. The first-order valence-corrected chi connectivity index (χ1v) is 8.77. The molecule has 0 bridgehead atoms. The van der Waals surface area contributed by atoms with Gasteiger partial charge in [-0.25, -0.2) is 0 Å². The van der Waals surface area contributed by atoms with Gasteiger partial charge >= 0.3 is 6.18 Å². The van der Waals surface area contributed by atoms with Gasteiger partial charge in [0.1, 0.15) is 0 Å². The molecule has 0 spiro atoms. The molecule has 1 N–H and O–H groups in total. The summed E-state index contributed by atoms with van der Waals surface area (Å²) in [7, 11) is 0. The van der Waals surface area contributed by atoms with Crippen molar-refractivity contribution in [2.24, 2.45) is 0 Å². The lowest BCUT2D eigenvalue weighted by atomic mass is 10.0. The van der Waals surface area contributed by atoms with Crippen LogP contribution in [0.25, 0.3) is 10.8 Å². The van der Waals surface area contributed by atoms with Crippen molar-refractivity contribution in [3.05, 3.63) is 69.3 Å². The van der Waals surface area contributed by atoms with E-state index in [1.165, 1.54) is 6.07 Å². The third kappa shape index (κ3) is 2.66. The molecular formula is C19H11F3INO2. The van der Waals surface area contributed by atoms with E-state index in [0.717, 1.165) is 21.7 Å². The quantitative estimate of drug-likeness (QED) is 0.500. The summed E-state index contributed by atoms with van der Waals surface area (Å²) in [5.74, 6) is -0.789. The van der Waals surface area contributed by atoms with Crippen molar-refractivity contribution >= 4 is 50.6 Å². The van der Waals surface area contributed by atoms with Crippen LogP contribution in [-0.2, 0) is 11.0 Å². The number of carbonyl (C=O) groups excluding carboxylic acids is 1. The predicted octanol–water partition coefficient (Wildman–Crippen LogP) is 5.17. The number of amides is 1. The van der Waals surface area contributed by atoms with Gasteiger partial charge in [-0.05, 0) is 57.6 Å². The van der Waals surface area contributed by atoms with Crippen molar-refractivity contribution in [1.29, 1.82) is 0 Å². The third-order valence-electron chi connectivity index (χ3n) is 4.39. The van der Waals surface area contributed by atoms with E-state index in [-0.39, 0.29) is 5.69 Å². The van der Waals surface area contributed by atoms with Crippen LogP contribution in [0.1, 0.15) is 17.2 Å². The molecule has 0 saturated carbocycles. The molecule has 3 aromatic carbocycles. The van der Waals surface area contributed by atoms with Gasteiger partial charge < -0.3 is 5.11 Å². The average molecular weight is 469 g/mol. The summed E-state index contributed by atoms with van der Waals surface area (Å²) in [6.45, 7) is 0. The fourth-order valence-electron chi connectivity index (χ4n) is 3.26. The zero-order valence-electron chi connectivity index (χ0n) is 13.1. The Bertz CT molecular complexity index is 1050. The number of nitrogens with zero attached hydrogens (tertiary/aromatic N) is 1. The molecule has 0 aromatic heterocycles. The number of rotatable bonds is 1. The molecule has 4 rings (SSSR count).